The molecule has 6 heterocycles. The van der Waals surface area contributed by atoms with Crippen LogP contribution in [-0.2, 0) is 27.5 Å². The van der Waals surface area contributed by atoms with Crippen molar-refractivity contribution < 1.29 is 33.4 Å². The van der Waals surface area contributed by atoms with Crippen LogP contribution >= 0.6 is 0 Å². The van der Waals surface area contributed by atoms with Crippen LogP contribution in [0.1, 0.15) is 97.3 Å². The molecule has 2 N–H and O–H groups in total. The zero-order valence-electron chi connectivity index (χ0n) is 37.1. The summed E-state index contributed by atoms with van der Waals surface area (Å²) in [6, 6.07) is 16.1. The maximum Gasteiger partial charge on any atom is 0.255 e. The lowest BCUT2D eigenvalue weighted by molar-refractivity contribution is -0.140. The fourth-order valence-electron chi connectivity index (χ4n) is 12.2. The van der Waals surface area contributed by atoms with Crippen molar-refractivity contribution in [2.24, 2.45) is 17.3 Å². The van der Waals surface area contributed by atoms with Gasteiger partial charge < -0.3 is 39.2 Å². The number of aliphatic hydroxyl groups is 1. The topological polar surface area (TPSA) is 129 Å². The monoisotopic (exact) mass is 875 g/mol. The average molecular weight is 876 g/mol. The van der Waals surface area contributed by atoms with Gasteiger partial charge in [-0.2, -0.15) is 0 Å². The van der Waals surface area contributed by atoms with Crippen LogP contribution in [0.25, 0.3) is 0 Å². The van der Waals surface area contributed by atoms with Crippen LogP contribution in [0.2, 0.25) is 0 Å². The number of hydrogen-bond donors (Lipinski definition) is 2. The molecule has 10 rings (SSSR count). The van der Waals surface area contributed by atoms with E-state index in [1.54, 1.807) is 18.1 Å². The zero-order chi connectivity index (χ0) is 44.1. The first-order valence-corrected chi connectivity index (χ1v) is 23.8. The molecule has 7 aliphatic rings. The molecule has 0 unspecified atom stereocenters. The Bertz CT molecular complexity index is 2260. The Labute approximate surface area is 375 Å². The molecule has 64 heavy (non-hydrogen) atoms. The fraction of sp³-hybridized carbons (Fsp3) is 0.560. The molecule has 6 aliphatic heterocycles. The smallest absolute Gasteiger partial charge is 0.255 e. The second-order valence-electron chi connectivity index (χ2n) is 19.5. The zero-order valence-corrected chi connectivity index (χ0v) is 37.1. The molecule has 6 fully saturated rings. The highest BCUT2D eigenvalue weighted by Crippen LogP contribution is 2.62. The first-order valence-electron chi connectivity index (χ1n) is 23.8. The second-order valence-corrected chi connectivity index (χ2v) is 19.5. The number of carbonyl (C=O) groups excluding carboxylic acids is 4. The number of nitrogens with one attached hydrogen (secondary N) is 1. The van der Waals surface area contributed by atoms with E-state index in [0.29, 0.717) is 41.8 Å². The Balaban J connectivity index is 0.684. The van der Waals surface area contributed by atoms with Crippen molar-refractivity contribution in [1.29, 1.82) is 0 Å². The van der Waals surface area contributed by atoms with Crippen molar-refractivity contribution in [3.05, 3.63) is 82.7 Å². The highest BCUT2D eigenvalue weighted by atomic mass is 19.1. The van der Waals surface area contributed by atoms with E-state index in [2.05, 4.69) is 31.0 Å². The van der Waals surface area contributed by atoms with Gasteiger partial charge in [-0.1, -0.05) is 25.0 Å². The molecule has 4 amide bonds. The van der Waals surface area contributed by atoms with E-state index in [1.165, 1.54) is 0 Å². The van der Waals surface area contributed by atoms with Gasteiger partial charge in [-0.25, -0.2) is 4.39 Å². The number of anilines is 3. The van der Waals surface area contributed by atoms with E-state index in [0.717, 1.165) is 145 Å². The minimum absolute atomic E-state index is 0.0655. The third-order valence-electron chi connectivity index (χ3n) is 15.9. The van der Waals surface area contributed by atoms with Crippen molar-refractivity contribution in [2.45, 2.75) is 89.4 Å². The minimum Gasteiger partial charge on any atom is -0.496 e. The Morgan fingerprint density at radius 2 is 1.39 bits per heavy atom. The maximum absolute atomic E-state index is 16.3. The third kappa shape index (κ3) is 7.93. The van der Waals surface area contributed by atoms with Gasteiger partial charge in [0.05, 0.1) is 30.9 Å². The summed E-state index contributed by atoms with van der Waals surface area (Å²) in [5.41, 5.74) is 5.05. The van der Waals surface area contributed by atoms with Gasteiger partial charge in [0.1, 0.15) is 17.6 Å². The Morgan fingerprint density at radius 1 is 0.766 bits per heavy atom. The molecule has 0 bridgehead atoms. The quantitative estimate of drug-likeness (QED) is 0.189. The predicted molar refractivity (Wildman–Crippen MR) is 242 cm³/mol. The number of hydrogen-bond acceptors (Lipinski definition) is 10. The van der Waals surface area contributed by atoms with Crippen LogP contribution in [0.4, 0.5) is 21.5 Å². The van der Waals surface area contributed by atoms with Gasteiger partial charge in [-0.15, -0.1) is 0 Å². The molecule has 1 spiro atoms. The van der Waals surface area contributed by atoms with Gasteiger partial charge in [0.2, 0.25) is 17.7 Å². The lowest BCUT2D eigenvalue weighted by Gasteiger charge is -2.55. The molecule has 1 saturated carbocycles. The van der Waals surface area contributed by atoms with Crippen molar-refractivity contribution in [1.82, 2.24) is 20.0 Å². The Hall–Kier alpha value is -5.05. The van der Waals surface area contributed by atoms with Crippen molar-refractivity contribution >= 4 is 40.7 Å². The summed E-state index contributed by atoms with van der Waals surface area (Å²) < 4.78 is 22.3. The van der Waals surface area contributed by atoms with E-state index in [1.807, 2.05) is 47.4 Å². The van der Waals surface area contributed by atoms with Crippen molar-refractivity contribution in [3.8, 4) is 5.75 Å². The number of carbonyl (C=O) groups is 4. The number of ether oxygens (including phenoxy) is 1. The first-order chi connectivity index (χ1) is 31.1. The van der Waals surface area contributed by atoms with Gasteiger partial charge >= 0.3 is 0 Å². The number of piperazine rings is 1. The first kappa shape index (κ1) is 42.9. The minimum atomic E-state index is -0.597. The van der Waals surface area contributed by atoms with Crippen molar-refractivity contribution in [2.75, 3.05) is 87.3 Å². The van der Waals surface area contributed by atoms with Gasteiger partial charge in [0, 0.05) is 107 Å². The van der Waals surface area contributed by atoms with Gasteiger partial charge in [-0.3, -0.25) is 24.5 Å². The van der Waals surface area contributed by atoms with E-state index < -0.39 is 11.5 Å². The lowest BCUT2D eigenvalue weighted by atomic mass is 9.66. The van der Waals surface area contributed by atoms with E-state index in [4.69, 9.17) is 4.74 Å². The number of halogens is 1. The summed E-state index contributed by atoms with van der Waals surface area (Å²) in [5.74, 6) is 0.901. The molecule has 13 nitrogen and oxygen atoms in total. The fourth-order valence-corrected chi connectivity index (χ4v) is 12.2. The highest BCUT2D eigenvalue weighted by molar-refractivity contribution is 6.07. The summed E-state index contributed by atoms with van der Waals surface area (Å²) in [6.07, 6.45) is 8.46. The largest absolute Gasteiger partial charge is 0.496 e. The molecule has 0 aromatic heterocycles. The van der Waals surface area contributed by atoms with Crippen LogP contribution in [0.15, 0.2) is 54.6 Å². The number of benzene rings is 3. The number of aliphatic hydroxyl groups excluding tert-OH is 1. The average Bonchev–Trinajstić information content (AvgIpc) is 3.96. The summed E-state index contributed by atoms with van der Waals surface area (Å²) in [4.78, 5) is 64.5. The highest BCUT2D eigenvalue weighted by Gasteiger charge is 2.63. The maximum atomic E-state index is 16.3. The molecule has 1 aliphatic carbocycles. The molecule has 5 saturated heterocycles. The van der Waals surface area contributed by atoms with Gasteiger partial charge in [-0.05, 0) is 104 Å². The number of methoxy groups -OCH3 is 1. The van der Waals surface area contributed by atoms with Crippen LogP contribution in [0.3, 0.4) is 0 Å². The molecule has 2 atom stereocenters. The SMILES string of the molecule is COc1cc(N2CCC(CN3CCN(CC4CCN(c5ccc6c(c5)CN([C@H]5CCC(=O)NC5=O)C6=O)CC4)CC3)CC2)c(F)cc1[C@@H]1N(c2ccc(CO)cc2)C(=O)C12CCCC2. The van der Waals surface area contributed by atoms with Crippen LogP contribution in [0.5, 0.6) is 5.75 Å². The standard InChI is InChI=1S/C50H62FN7O6/c1-64-44-28-43(41(51)27-40(44)46-50(16-2-3-17-50)49(63)58(46)37-6-4-35(32-59)5-7-37)56-20-14-34(15-21-56)30-54-24-22-53(23-25-54)29-33-12-18-55(19-13-33)38-8-9-39-36(26-38)31-57(48(39)62)42-10-11-45(60)52-47(42)61/h4-9,26-28,33-34,42,46,59H,2-3,10-25,29-32H2,1H3,(H,52,60,61)/t42-,46-/m0/s1. The number of rotatable bonds is 11. The third-order valence-corrected chi connectivity index (χ3v) is 15.9. The van der Waals surface area contributed by atoms with Gasteiger partial charge in [0.15, 0.2) is 0 Å². The molecule has 3 aromatic carbocycles. The second kappa shape index (κ2) is 17.7. The van der Waals surface area contributed by atoms with Crippen LogP contribution in [-0.4, -0.2) is 122 Å². The number of piperidine rings is 3. The molecular formula is C50H62FN7O6. The van der Waals surface area contributed by atoms with Crippen LogP contribution in [0, 0.1) is 23.1 Å². The van der Waals surface area contributed by atoms with Crippen molar-refractivity contribution in [3.63, 3.8) is 0 Å². The van der Waals surface area contributed by atoms with E-state index >= 15 is 4.39 Å². The normalized spacial score (nSPS) is 24.7. The summed E-state index contributed by atoms with van der Waals surface area (Å²) in [5, 5.41) is 12.0. The van der Waals surface area contributed by atoms with E-state index in [-0.39, 0.29) is 48.5 Å². The molecular weight excluding hydrogens is 814 g/mol. The predicted octanol–water partition coefficient (Wildman–Crippen LogP) is 5.49. The molecule has 3 aromatic rings. The summed E-state index contributed by atoms with van der Waals surface area (Å²) in [6.45, 7) is 10.4. The van der Waals surface area contributed by atoms with E-state index in [9.17, 15) is 24.3 Å². The Morgan fingerprint density at radius 3 is 2.00 bits per heavy atom. The summed E-state index contributed by atoms with van der Waals surface area (Å²) in [7, 11) is 1.64. The summed E-state index contributed by atoms with van der Waals surface area (Å²) >= 11 is 0. The molecule has 0 radical (unpaired) electrons. The number of β-lactam (4-membered cyclic amide) rings is 1. The van der Waals surface area contributed by atoms with Crippen LogP contribution < -0.4 is 24.8 Å². The van der Waals surface area contributed by atoms with Gasteiger partial charge in [0.25, 0.3) is 5.91 Å². The number of nitrogens with zero attached hydrogens (tertiary/aromatic N) is 6. The number of imide groups is 1. The molecule has 340 valence electrons. The molecule has 14 heteroatoms. The number of amides is 4. The Kier molecular flexibility index (Phi) is 11.9. The number of fused-ring (bicyclic) bond motifs is 1. The lowest BCUT2D eigenvalue weighted by Crippen LogP contribution is -2.62.